The van der Waals surface area contributed by atoms with Crippen LogP contribution in [-0.2, 0) is 5.41 Å². The zero-order valence-electron chi connectivity index (χ0n) is 22.7. The van der Waals surface area contributed by atoms with Crippen LogP contribution in [0.5, 0.6) is 17.4 Å². The molecule has 1 aliphatic heterocycles. The first-order valence-electron chi connectivity index (χ1n) is 12.6. The van der Waals surface area contributed by atoms with Gasteiger partial charge in [-0.05, 0) is 50.2 Å². The minimum absolute atomic E-state index is 0.178. The number of rotatable bonds is 5. The molecule has 2 aromatic heterocycles. The molecule has 3 heterocycles. The Labute approximate surface area is 236 Å². The summed E-state index contributed by atoms with van der Waals surface area (Å²) in [6.45, 7) is 10.5. The number of aromatic nitrogens is 4. The molecule has 40 heavy (non-hydrogen) atoms. The number of benzene rings is 2. The average Bonchev–Trinajstić information content (AvgIpc) is 3.34. The lowest BCUT2D eigenvalue weighted by molar-refractivity contribution is 0.102. The molecule has 1 amide bonds. The molecule has 0 unspecified atom stereocenters. The van der Waals surface area contributed by atoms with Crippen LogP contribution in [0.25, 0.3) is 5.69 Å². The Morgan fingerprint density at radius 1 is 1.20 bits per heavy atom. The van der Waals surface area contributed by atoms with Crippen molar-refractivity contribution in [2.24, 2.45) is 0 Å². The molecule has 11 heteroatoms. The van der Waals surface area contributed by atoms with Crippen molar-refractivity contribution in [2.75, 3.05) is 17.2 Å². The van der Waals surface area contributed by atoms with Crippen molar-refractivity contribution in [3.8, 4) is 29.1 Å². The van der Waals surface area contributed by atoms with Gasteiger partial charge in [-0.15, -0.1) is 0 Å². The molecule has 5 rings (SSSR count). The van der Waals surface area contributed by atoms with Crippen molar-refractivity contribution in [1.82, 2.24) is 19.7 Å². The van der Waals surface area contributed by atoms with E-state index in [0.29, 0.717) is 45.8 Å². The lowest BCUT2D eigenvalue weighted by Crippen LogP contribution is -2.41. The molecule has 0 aliphatic carbocycles. The number of fused-ring (bicyclic) bond motifs is 1. The molecule has 2 N–H and O–H groups in total. The van der Waals surface area contributed by atoms with Gasteiger partial charge in [-0.3, -0.25) is 4.79 Å². The first-order valence-corrected chi connectivity index (χ1v) is 13.0. The smallest absolute Gasteiger partial charge is 0.268 e. The third-order valence-electron chi connectivity index (χ3n) is 6.14. The van der Waals surface area contributed by atoms with Crippen molar-refractivity contribution < 1.29 is 14.3 Å². The molecule has 0 bridgehead atoms. The van der Waals surface area contributed by atoms with E-state index in [9.17, 15) is 10.1 Å². The van der Waals surface area contributed by atoms with Gasteiger partial charge in [0.25, 0.3) is 11.8 Å². The Hall–Kier alpha value is -4.62. The van der Waals surface area contributed by atoms with Crippen LogP contribution in [0.15, 0.2) is 54.9 Å². The lowest BCUT2D eigenvalue weighted by atomic mass is 9.92. The van der Waals surface area contributed by atoms with Crippen molar-refractivity contribution in [1.29, 1.82) is 5.26 Å². The van der Waals surface area contributed by atoms with Crippen molar-refractivity contribution in [2.45, 2.75) is 45.6 Å². The van der Waals surface area contributed by atoms with Crippen molar-refractivity contribution in [3.63, 3.8) is 0 Å². The van der Waals surface area contributed by atoms with E-state index in [1.54, 1.807) is 35.0 Å². The monoisotopic (exact) mass is 557 g/mol. The highest BCUT2D eigenvalue weighted by Gasteiger charge is 2.30. The van der Waals surface area contributed by atoms with Gasteiger partial charge >= 0.3 is 0 Å². The van der Waals surface area contributed by atoms with Crippen LogP contribution in [0.4, 0.5) is 11.6 Å². The van der Waals surface area contributed by atoms with E-state index in [1.165, 1.54) is 12.4 Å². The second-order valence-electron chi connectivity index (χ2n) is 11.1. The molecule has 0 saturated carbocycles. The SMILES string of the molecule is CC1(C)COc2c(ncnc2Oc2cc(C(=O)Nc3cc(C(C)(C)C)nn3-c3cccc(C#N)c3)ccc2Cl)N1. The molecule has 1 aliphatic rings. The Morgan fingerprint density at radius 3 is 2.75 bits per heavy atom. The maximum Gasteiger partial charge on any atom is 0.268 e. The van der Waals surface area contributed by atoms with E-state index in [1.807, 2.05) is 46.8 Å². The summed E-state index contributed by atoms with van der Waals surface area (Å²) in [7, 11) is 0. The minimum Gasteiger partial charge on any atom is -0.483 e. The van der Waals surface area contributed by atoms with Crippen molar-refractivity contribution >= 4 is 29.1 Å². The number of carbonyl (C=O) groups is 1. The van der Waals surface area contributed by atoms with Crippen LogP contribution >= 0.6 is 11.6 Å². The summed E-state index contributed by atoms with van der Waals surface area (Å²) in [5, 5.41) is 20.6. The van der Waals surface area contributed by atoms with E-state index in [0.717, 1.165) is 5.69 Å². The number of hydrogen-bond acceptors (Lipinski definition) is 8. The van der Waals surface area contributed by atoms with Crippen LogP contribution in [-0.4, -0.2) is 37.8 Å². The van der Waals surface area contributed by atoms with Crippen LogP contribution in [0.2, 0.25) is 5.02 Å². The highest BCUT2D eigenvalue weighted by atomic mass is 35.5. The normalized spacial score (nSPS) is 13.8. The van der Waals surface area contributed by atoms with Gasteiger partial charge in [-0.1, -0.05) is 38.4 Å². The minimum atomic E-state index is -0.399. The summed E-state index contributed by atoms with van der Waals surface area (Å²) < 4.78 is 13.5. The number of halogens is 1. The van der Waals surface area contributed by atoms with E-state index in [2.05, 4.69) is 26.7 Å². The number of nitrogens with one attached hydrogen (secondary N) is 2. The molecular formula is C29H28ClN7O3. The van der Waals surface area contributed by atoms with Gasteiger partial charge in [0.15, 0.2) is 5.82 Å². The fourth-order valence-electron chi connectivity index (χ4n) is 4.01. The summed E-state index contributed by atoms with van der Waals surface area (Å²) in [6.07, 6.45) is 1.37. The Balaban J connectivity index is 1.45. The topological polar surface area (TPSA) is 127 Å². The summed E-state index contributed by atoms with van der Waals surface area (Å²) >= 11 is 6.43. The number of anilines is 2. The second kappa shape index (κ2) is 10.2. The molecule has 2 aromatic carbocycles. The fraction of sp³-hybridized carbons (Fsp3) is 0.276. The summed E-state index contributed by atoms with van der Waals surface area (Å²) in [4.78, 5) is 21.9. The number of nitriles is 1. The number of amides is 1. The van der Waals surface area contributed by atoms with E-state index in [-0.39, 0.29) is 22.6 Å². The summed E-state index contributed by atoms with van der Waals surface area (Å²) in [5.41, 5.74) is 1.63. The molecule has 0 saturated heterocycles. The zero-order valence-corrected chi connectivity index (χ0v) is 23.5. The molecule has 10 nitrogen and oxygen atoms in total. The van der Waals surface area contributed by atoms with Gasteiger partial charge in [0.2, 0.25) is 5.75 Å². The van der Waals surface area contributed by atoms with E-state index in [4.69, 9.17) is 26.2 Å². The zero-order chi connectivity index (χ0) is 28.7. The third kappa shape index (κ3) is 5.55. The molecule has 0 atom stereocenters. The van der Waals surface area contributed by atoms with Gasteiger partial charge in [-0.2, -0.15) is 15.3 Å². The molecule has 0 spiro atoms. The number of hydrogen-bond donors (Lipinski definition) is 2. The first kappa shape index (κ1) is 27.0. The molecule has 204 valence electrons. The van der Waals surface area contributed by atoms with Crippen LogP contribution in [0.3, 0.4) is 0 Å². The molecule has 0 radical (unpaired) electrons. The van der Waals surface area contributed by atoms with Gasteiger partial charge in [0.05, 0.1) is 33.6 Å². The third-order valence-corrected chi connectivity index (χ3v) is 6.46. The van der Waals surface area contributed by atoms with Gasteiger partial charge in [-0.25, -0.2) is 9.67 Å². The van der Waals surface area contributed by atoms with Gasteiger partial charge < -0.3 is 20.1 Å². The quantitative estimate of drug-likeness (QED) is 0.301. The number of nitrogens with zero attached hydrogens (tertiary/aromatic N) is 5. The van der Waals surface area contributed by atoms with Crippen LogP contribution < -0.4 is 20.1 Å². The van der Waals surface area contributed by atoms with Crippen LogP contribution in [0, 0.1) is 11.3 Å². The predicted molar refractivity (Wildman–Crippen MR) is 152 cm³/mol. The van der Waals surface area contributed by atoms with E-state index < -0.39 is 5.91 Å². The predicted octanol–water partition coefficient (Wildman–Crippen LogP) is 6.11. The maximum absolute atomic E-state index is 13.4. The van der Waals surface area contributed by atoms with Crippen molar-refractivity contribution in [3.05, 3.63) is 76.7 Å². The standard InChI is InChI=1S/C29H28ClN7O3/c1-28(2,3)22-13-23(37(36-22)19-8-6-7-17(11-19)14-31)34-26(38)18-9-10-20(30)21(12-18)40-27-24-25(32-16-33-27)35-29(4,5)15-39-24/h6-13,16H,15H2,1-5H3,(H,34,38)(H,32,33,35). The van der Waals surface area contributed by atoms with Gasteiger partial charge in [0.1, 0.15) is 24.5 Å². The number of ether oxygens (including phenoxy) is 2. The fourth-order valence-corrected chi connectivity index (χ4v) is 4.17. The lowest BCUT2D eigenvalue weighted by Gasteiger charge is -2.32. The molecule has 4 aromatic rings. The highest BCUT2D eigenvalue weighted by molar-refractivity contribution is 6.32. The van der Waals surface area contributed by atoms with Crippen LogP contribution in [0.1, 0.15) is 56.2 Å². The second-order valence-corrected chi connectivity index (χ2v) is 11.5. The summed E-state index contributed by atoms with van der Waals surface area (Å²) in [6, 6.07) is 15.7. The largest absolute Gasteiger partial charge is 0.483 e. The van der Waals surface area contributed by atoms with E-state index >= 15 is 0 Å². The average molecular weight is 558 g/mol. The highest BCUT2D eigenvalue weighted by Crippen LogP contribution is 2.40. The number of carbonyl (C=O) groups excluding carboxylic acids is 1. The first-order chi connectivity index (χ1) is 18.9. The Bertz CT molecular complexity index is 1650. The molecule has 0 fully saturated rings. The Kier molecular flexibility index (Phi) is 6.85. The van der Waals surface area contributed by atoms with Gasteiger partial charge in [0, 0.05) is 17.0 Å². The Morgan fingerprint density at radius 2 is 2.00 bits per heavy atom. The maximum atomic E-state index is 13.4. The summed E-state index contributed by atoms with van der Waals surface area (Å²) in [5.74, 6) is 1.34. The molecular weight excluding hydrogens is 530 g/mol.